The van der Waals surface area contributed by atoms with E-state index in [-0.39, 0.29) is 39.6 Å². The van der Waals surface area contributed by atoms with Crippen LogP contribution in [0.3, 0.4) is 0 Å². The number of amides is 1. The number of hydrogen-bond acceptors (Lipinski definition) is 5. The first kappa shape index (κ1) is 32.7. The molecule has 49 heavy (non-hydrogen) atoms. The van der Waals surface area contributed by atoms with Gasteiger partial charge in [0.05, 0.1) is 34.6 Å². The maximum Gasteiger partial charge on any atom is 0.311 e. The molecule has 258 valence electrons. The van der Waals surface area contributed by atoms with Crippen molar-refractivity contribution in [3.63, 3.8) is 0 Å². The summed E-state index contributed by atoms with van der Waals surface area (Å²) >= 11 is 0. The first-order chi connectivity index (χ1) is 23.3. The summed E-state index contributed by atoms with van der Waals surface area (Å²) in [4.78, 5) is 36.6. The highest BCUT2D eigenvalue weighted by molar-refractivity contribution is 6.00. The monoisotopic (exact) mass is 659 g/mol. The first-order valence-electron chi connectivity index (χ1n) is 18.8. The molecule has 6 atom stereocenters. The van der Waals surface area contributed by atoms with Crippen LogP contribution in [-0.4, -0.2) is 35.0 Å². The van der Waals surface area contributed by atoms with Gasteiger partial charge in [-0.05, 0) is 134 Å². The number of nitrogens with zero attached hydrogens (tertiary/aromatic N) is 2. The molecule has 5 aliphatic carbocycles. The summed E-state index contributed by atoms with van der Waals surface area (Å²) < 4.78 is 5.37. The molecule has 5 aliphatic rings. The Morgan fingerprint density at radius 2 is 1.65 bits per heavy atom. The van der Waals surface area contributed by atoms with Crippen molar-refractivity contribution in [3.05, 3.63) is 58.7 Å². The number of carbonyl (C=O) groups excluding carboxylic acids is 2. The van der Waals surface area contributed by atoms with Gasteiger partial charge in [0.1, 0.15) is 0 Å². The molecular weight excluding hydrogens is 606 g/mol. The molecule has 8 rings (SSSR count). The van der Waals surface area contributed by atoms with E-state index >= 15 is 0 Å². The fraction of sp³-hybridized carbons (Fsp3) is 0.581. The number of methoxy groups -OCH3 is 1. The van der Waals surface area contributed by atoms with Crippen molar-refractivity contribution in [2.75, 3.05) is 7.11 Å². The first-order valence-corrected chi connectivity index (χ1v) is 18.8. The van der Waals surface area contributed by atoms with E-state index in [2.05, 4.69) is 71.2 Å². The van der Waals surface area contributed by atoms with Gasteiger partial charge in [-0.3, -0.25) is 9.59 Å². The van der Waals surface area contributed by atoms with E-state index in [0.29, 0.717) is 11.5 Å². The van der Waals surface area contributed by atoms with E-state index in [0.717, 1.165) is 72.6 Å². The van der Waals surface area contributed by atoms with Gasteiger partial charge in [-0.15, -0.1) is 0 Å². The van der Waals surface area contributed by atoms with E-state index < -0.39 is 5.41 Å². The van der Waals surface area contributed by atoms with Crippen LogP contribution in [0.25, 0.3) is 33.7 Å². The lowest BCUT2D eigenvalue weighted by atomic mass is 9.33. The molecule has 0 aliphatic heterocycles. The Bertz CT molecular complexity index is 1970. The van der Waals surface area contributed by atoms with Gasteiger partial charge in [0.15, 0.2) is 0 Å². The van der Waals surface area contributed by atoms with E-state index in [9.17, 15) is 9.59 Å². The van der Waals surface area contributed by atoms with Gasteiger partial charge < -0.3 is 10.1 Å². The molecule has 0 spiro atoms. The zero-order valence-corrected chi connectivity index (χ0v) is 30.6. The number of allylic oxidation sites excluding steroid dienone is 3. The number of fused-ring (bicyclic) bond motifs is 9. The fourth-order valence-electron chi connectivity index (χ4n) is 11.5. The topological polar surface area (TPSA) is 81.2 Å². The summed E-state index contributed by atoms with van der Waals surface area (Å²) in [5.41, 5.74) is 8.67. The lowest BCUT2D eigenvalue weighted by Gasteiger charge is -2.70. The quantitative estimate of drug-likeness (QED) is 0.224. The van der Waals surface area contributed by atoms with Gasteiger partial charge in [-0.2, -0.15) is 0 Å². The number of aryl methyl sites for hydroxylation is 1. The molecule has 0 radical (unpaired) electrons. The molecule has 1 amide bonds. The van der Waals surface area contributed by atoms with Crippen LogP contribution in [0.1, 0.15) is 132 Å². The van der Waals surface area contributed by atoms with E-state index in [1.165, 1.54) is 42.4 Å². The number of hydrogen-bond donors (Lipinski definition) is 1. The number of rotatable bonds is 3. The third kappa shape index (κ3) is 4.57. The van der Waals surface area contributed by atoms with Gasteiger partial charge in [0, 0.05) is 17.0 Å². The van der Waals surface area contributed by atoms with Crippen molar-refractivity contribution in [1.82, 2.24) is 15.3 Å². The smallest absolute Gasteiger partial charge is 0.311 e. The number of ether oxygens (including phenoxy) is 1. The number of nitrogens with one attached hydrogen (secondary N) is 1. The Morgan fingerprint density at radius 1 is 0.898 bits per heavy atom. The second-order valence-corrected chi connectivity index (χ2v) is 17.6. The fourth-order valence-corrected chi connectivity index (χ4v) is 11.5. The van der Waals surface area contributed by atoms with Gasteiger partial charge in [-0.1, -0.05) is 65.2 Å². The van der Waals surface area contributed by atoms with Gasteiger partial charge in [0.2, 0.25) is 0 Å². The zero-order valence-electron chi connectivity index (χ0n) is 30.6. The molecule has 1 N–H and O–H groups in total. The molecule has 6 nitrogen and oxygen atoms in total. The average Bonchev–Trinajstić information content (AvgIpc) is 3.09. The Balaban J connectivity index is 1.19. The Morgan fingerprint density at radius 3 is 2.41 bits per heavy atom. The Kier molecular flexibility index (Phi) is 7.32. The van der Waals surface area contributed by atoms with E-state index in [1.807, 2.05) is 18.2 Å². The maximum absolute atomic E-state index is 13.2. The van der Waals surface area contributed by atoms with Crippen LogP contribution in [-0.2, 0) is 9.53 Å². The second-order valence-electron chi connectivity index (χ2n) is 17.6. The summed E-state index contributed by atoms with van der Waals surface area (Å²) in [5.74, 6) is 0.347. The number of benzene rings is 2. The average molecular weight is 660 g/mol. The van der Waals surface area contributed by atoms with Crippen LogP contribution in [0.5, 0.6) is 0 Å². The standard InChI is InChI=1S/C43H53N3O3/c1-26-29-15-17-41(4)31(16-18-42(5)35-25-40(3,38(48)49-7)20-19-39(35,2)21-22-43(41,42)6)30(29)24-34-36(26)46-32-14-13-27(23-33(32)45-34)37(47)44-28-11-9-8-10-12-28/h13-17,23-24,28,35H,8-12,18-22,25H2,1-7H3,(H,44,47)/t35-,39-,40-,41-,42+,43-/m1/s1. The number of carbonyl (C=O) groups is 2. The third-order valence-electron chi connectivity index (χ3n) is 15.2. The number of esters is 1. The maximum atomic E-state index is 13.2. The highest BCUT2D eigenvalue weighted by Gasteiger charge is 2.68. The molecule has 1 heterocycles. The minimum absolute atomic E-state index is 0.00462. The van der Waals surface area contributed by atoms with Crippen LogP contribution in [0.4, 0.5) is 0 Å². The Hall–Kier alpha value is -3.54. The summed E-state index contributed by atoms with van der Waals surface area (Å²) in [6.45, 7) is 14.4. The molecular formula is C43H53N3O3. The summed E-state index contributed by atoms with van der Waals surface area (Å²) in [5, 5.41) is 3.26. The lowest BCUT2D eigenvalue weighted by molar-refractivity contribution is -0.190. The van der Waals surface area contributed by atoms with Crippen LogP contribution in [0.15, 0.2) is 36.4 Å². The van der Waals surface area contributed by atoms with Crippen LogP contribution in [0.2, 0.25) is 0 Å². The minimum atomic E-state index is -0.437. The molecule has 3 fully saturated rings. The van der Waals surface area contributed by atoms with Crippen molar-refractivity contribution in [2.24, 2.45) is 33.0 Å². The van der Waals surface area contributed by atoms with E-state index in [4.69, 9.17) is 14.7 Å². The predicted octanol–water partition coefficient (Wildman–Crippen LogP) is 9.77. The highest BCUT2D eigenvalue weighted by Crippen LogP contribution is 2.76. The van der Waals surface area contributed by atoms with Gasteiger partial charge in [-0.25, -0.2) is 9.97 Å². The third-order valence-corrected chi connectivity index (χ3v) is 15.2. The molecule has 0 unspecified atom stereocenters. The van der Waals surface area contributed by atoms with Crippen LogP contribution < -0.4 is 5.32 Å². The molecule has 3 aromatic rings. The molecule has 0 saturated heterocycles. The lowest BCUT2D eigenvalue weighted by Crippen LogP contribution is -2.63. The summed E-state index contributed by atoms with van der Waals surface area (Å²) in [6, 6.07) is 8.27. The summed E-state index contributed by atoms with van der Waals surface area (Å²) in [7, 11) is 1.54. The predicted molar refractivity (Wildman–Crippen MR) is 197 cm³/mol. The van der Waals surface area contributed by atoms with Crippen molar-refractivity contribution in [3.8, 4) is 0 Å². The zero-order chi connectivity index (χ0) is 34.6. The van der Waals surface area contributed by atoms with Crippen molar-refractivity contribution >= 4 is 45.6 Å². The van der Waals surface area contributed by atoms with E-state index in [1.54, 1.807) is 7.11 Å². The minimum Gasteiger partial charge on any atom is -0.469 e. The molecule has 2 aromatic carbocycles. The van der Waals surface area contributed by atoms with Crippen LogP contribution >= 0.6 is 0 Å². The van der Waals surface area contributed by atoms with Crippen LogP contribution in [0, 0.1) is 39.9 Å². The van der Waals surface area contributed by atoms with Crippen molar-refractivity contribution in [1.29, 1.82) is 0 Å². The van der Waals surface area contributed by atoms with Gasteiger partial charge >= 0.3 is 5.97 Å². The molecule has 3 saturated carbocycles. The molecule has 1 aromatic heterocycles. The normalized spacial score (nSPS) is 35.5. The molecule has 0 bridgehead atoms. The Labute approximate surface area is 291 Å². The highest BCUT2D eigenvalue weighted by atomic mass is 16.5. The summed E-state index contributed by atoms with van der Waals surface area (Å²) in [6.07, 6.45) is 19.3. The van der Waals surface area contributed by atoms with Crippen molar-refractivity contribution in [2.45, 2.75) is 118 Å². The molecule has 6 heteroatoms. The second kappa shape index (κ2) is 11.0. The van der Waals surface area contributed by atoms with Crippen molar-refractivity contribution < 1.29 is 14.3 Å². The number of aromatic nitrogens is 2. The van der Waals surface area contributed by atoms with Gasteiger partial charge in [0.25, 0.3) is 5.91 Å². The SMILES string of the molecule is COC(=O)[C@]1(C)CC[C@]2(C)CC[C@@]3(C)[C@@](C)(CC=C4c5cc6nc7cc(C(=O)NC8CCCCC8)ccc7nc6c(C)c5C=C[C@]43C)[C@@H]2C1. The largest absolute Gasteiger partial charge is 0.469 e.